The Morgan fingerprint density at radius 1 is 1.00 bits per heavy atom. The summed E-state index contributed by atoms with van der Waals surface area (Å²) in [5.74, 6) is 0.507. The summed E-state index contributed by atoms with van der Waals surface area (Å²) >= 11 is 0. The van der Waals surface area contributed by atoms with Crippen LogP contribution in [0.5, 0.6) is 5.75 Å². The Morgan fingerprint density at radius 3 is 2.35 bits per heavy atom. The van der Waals surface area contributed by atoms with Gasteiger partial charge in [-0.05, 0) is 79.4 Å². The third-order valence-electron chi connectivity index (χ3n) is 5.43. The molecule has 1 aliphatic rings. The predicted molar refractivity (Wildman–Crippen MR) is 100 cm³/mol. The zero-order chi connectivity index (χ0) is 16.9. The second-order valence-electron chi connectivity index (χ2n) is 9.20. The minimum atomic E-state index is 0.417. The van der Waals surface area contributed by atoms with Crippen LogP contribution in [0, 0.1) is 10.8 Å². The van der Waals surface area contributed by atoms with Gasteiger partial charge in [0, 0.05) is 0 Å². The van der Waals surface area contributed by atoms with Crippen molar-refractivity contribution in [2.75, 3.05) is 0 Å². The van der Waals surface area contributed by atoms with Crippen molar-refractivity contribution in [1.29, 1.82) is 0 Å². The van der Waals surface area contributed by atoms with E-state index in [0.717, 1.165) is 12.8 Å². The van der Waals surface area contributed by atoms with Gasteiger partial charge in [-0.1, -0.05) is 52.7 Å². The quantitative estimate of drug-likeness (QED) is 0.505. The molecule has 1 nitrogen and oxygen atoms in total. The van der Waals surface area contributed by atoms with Gasteiger partial charge in [0.1, 0.15) is 5.75 Å². The van der Waals surface area contributed by atoms with Crippen LogP contribution in [0.15, 0.2) is 18.2 Å². The maximum absolute atomic E-state index is 10.2. The third-order valence-corrected chi connectivity index (χ3v) is 5.43. The molecule has 23 heavy (non-hydrogen) atoms. The highest BCUT2D eigenvalue weighted by atomic mass is 16.3. The number of rotatable bonds is 9. The van der Waals surface area contributed by atoms with Crippen LogP contribution in [0.3, 0.4) is 0 Å². The number of benzene rings is 1. The van der Waals surface area contributed by atoms with Crippen LogP contribution in [-0.4, -0.2) is 5.11 Å². The van der Waals surface area contributed by atoms with Crippen LogP contribution in [0.4, 0.5) is 0 Å². The van der Waals surface area contributed by atoms with Crippen LogP contribution in [-0.2, 0) is 12.8 Å². The maximum Gasteiger partial charge on any atom is 0.119 e. The zero-order valence-corrected chi connectivity index (χ0v) is 15.8. The van der Waals surface area contributed by atoms with Crippen molar-refractivity contribution in [3.05, 3.63) is 29.3 Å². The molecule has 0 heterocycles. The van der Waals surface area contributed by atoms with Gasteiger partial charge in [-0.25, -0.2) is 0 Å². The molecule has 1 aliphatic carbocycles. The molecule has 0 bridgehead atoms. The molecular weight excluding hydrogens is 280 g/mol. The van der Waals surface area contributed by atoms with Crippen molar-refractivity contribution in [2.24, 2.45) is 10.8 Å². The van der Waals surface area contributed by atoms with E-state index in [1.54, 1.807) is 0 Å². The number of hydrogen-bond donors (Lipinski definition) is 1. The minimum absolute atomic E-state index is 0.417. The monoisotopic (exact) mass is 316 g/mol. The van der Waals surface area contributed by atoms with E-state index < -0.39 is 0 Å². The fourth-order valence-electron chi connectivity index (χ4n) is 3.43. The molecular formula is C22H36O. The summed E-state index contributed by atoms with van der Waals surface area (Å²) in [6.07, 6.45) is 12.7. The van der Waals surface area contributed by atoms with Gasteiger partial charge in [0.15, 0.2) is 0 Å². The first-order chi connectivity index (χ1) is 10.8. The first kappa shape index (κ1) is 18.4. The van der Waals surface area contributed by atoms with Crippen LogP contribution < -0.4 is 0 Å². The lowest BCUT2D eigenvalue weighted by Crippen LogP contribution is -2.04. The maximum atomic E-state index is 10.2. The summed E-state index contributed by atoms with van der Waals surface area (Å²) in [5.41, 5.74) is 3.68. The Bertz CT molecular complexity index is 491. The minimum Gasteiger partial charge on any atom is -0.508 e. The second kappa shape index (κ2) is 7.73. The highest BCUT2D eigenvalue weighted by Crippen LogP contribution is 2.49. The zero-order valence-electron chi connectivity index (χ0n) is 15.8. The highest BCUT2D eigenvalue weighted by molar-refractivity contribution is 5.39. The molecule has 0 spiro atoms. The van der Waals surface area contributed by atoms with Crippen LogP contribution in [0.2, 0.25) is 0 Å². The first-order valence-corrected chi connectivity index (χ1v) is 9.59. The molecule has 0 radical (unpaired) electrons. The van der Waals surface area contributed by atoms with Crippen molar-refractivity contribution in [1.82, 2.24) is 0 Å². The summed E-state index contributed by atoms with van der Waals surface area (Å²) in [6, 6.07) is 6.08. The standard InChI is InChI=1S/C22H36O/c1-21(2,3)14-7-6-12-19-18(11-9-13-20(19)23)10-5-8-15-22(4)16-17-22/h9,11,13,23H,5-8,10,12,14-17H2,1-4H3. The Labute approximate surface area is 143 Å². The third kappa shape index (κ3) is 6.57. The van der Waals surface area contributed by atoms with E-state index in [2.05, 4.69) is 33.8 Å². The lowest BCUT2D eigenvalue weighted by Gasteiger charge is -2.18. The molecule has 2 rings (SSSR count). The summed E-state index contributed by atoms with van der Waals surface area (Å²) in [7, 11) is 0. The molecule has 130 valence electrons. The smallest absolute Gasteiger partial charge is 0.119 e. The van der Waals surface area contributed by atoms with Crippen LogP contribution in [0.25, 0.3) is 0 Å². The Balaban J connectivity index is 1.80. The molecule has 1 saturated carbocycles. The molecule has 0 amide bonds. The van der Waals surface area contributed by atoms with E-state index in [1.807, 2.05) is 12.1 Å². The van der Waals surface area contributed by atoms with E-state index in [9.17, 15) is 5.11 Å². The average molecular weight is 317 g/mol. The van der Waals surface area contributed by atoms with Gasteiger partial charge in [0.05, 0.1) is 0 Å². The van der Waals surface area contributed by atoms with E-state index >= 15 is 0 Å². The van der Waals surface area contributed by atoms with E-state index in [-0.39, 0.29) is 0 Å². The molecule has 1 aromatic rings. The van der Waals surface area contributed by atoms with Crippen LogP contribution in [0.1, 0.15) is 90.2 Å². The summed E-state index contributed by atoms with van der Waals surface area (Å²) in [6.45, 7) is 9.33. The van der Waals surface area contributed by atoms with Gasteiger partial charge in [-0.3, -0.25) is 0 Å². The van der Waals surface area contributed by atoms with Gasteiger partial charge in [-0.15, -0.1) is 0 Å². The van der Waals surface area contributed by atoms with Gasteiger partial charge >= 0.3 is 0 Å². The van der Waals surface area contributed by atoms with E-state index in [0.29, 0.717) is 16.6 Å². The topological polar surface area (TPSA) is 20.2 Å². The molecule has 0 atom stereocenters. The second-order valence-corrected chi connectivity index (χ2v) is 9.20. The lowest BCUT2D eigenvalue weighted by atomic mass is 9.88. The Hall–Kier alpha value is -0.980. The lowest BCUT2D eigenvalue weighted by molar-refractivity contribution is 0.359. The fraction of sp³-hybridized carbons (Fsp3) is 0.727. The SMILES string of the molecule is CC(C)(C)CCCCc1c(O)cccc1CCCCC1(C)CC1. The van der Waals surface area contributed by atoms with Crippen molar-refractivity contribution < 1.29 is 5.11 Å². The van der Waals surface area contributed by atoms with Crippen molar-refractivity contribution >= 4 is 0 Å². The molecule has 1 aromatic carbocycles. The number of hydrogen-bond acceptors (Lipinski definition) is 1. The Kier molecular flexibility index (Phi) is 6.17. The van der Waals surface area contributed by atoms with Gasteiger partial charge in [0.2, 0.25) is 0 Å². The number of aromatic hydroxyl groups is 1. The average Bonchev–Trinajstić information content (AvgIpc) is 3.19. The van der Waals surface area contributed by atoms with Gasteiger partial charge in [-0.2, -0.15) is 0 Å². The summed E-state index contributed by atoms with van der Waals surface area (Å²) in [5, 5.41) is 10.2. The van der Waals surface area contributed by atoms with Crippen molar-refractivity contribution in [3.8, 4) is 5.75 Å². The number of aryl methyl sites for hydroxylation is 1. The van der Waals surface area contributed by atoms with Crippen LogP contribution >= 0.6 is 0 Å². The van der Waals surface area contributed by atoms with Crippen molar-refractivity contribution in [2.45, 2.75) is 91.9 Å². The summed E-state index contributed by atoms with van der Waals surface area (Å²) in [4.78, 5) is 0. The van der Waals surface area contributed by atoms with E-state index in [4.69, 9.17) is 0 Å². The normalized spacial score (nSPS) is 16.5. The first-order valence-electron chi connectivity index (χ1n) is 9.59. The van der Waals surface area contributed by atoms with Gasteiger partial charge < -0.3 is 5.11 Å². The molecule has 1 heteroatoms. The highest BCUT2D eigenvalue weighted by Gasteiger charge is 2.35. The number of phenolic OH excluding ortho intramolecular Hbond substituents is 1. The molecule has 1 fully saturated rings. The number of phenols is 1. The predicted octanol–water partition coefficient (Wildman–Crippen LogP) is 6.66. The van der Waals surface area contributed by atoms with E-state index in [1.165, 1.54) is 62.5 Å². The largest absolute Gasteiger partial charge is 0.508 e. The Morgan fingerprint density at radius 2 is 1.70 bits per heavy atom. The molecule has 0 unspecified atom stereocenters. The fourth-order valence-corrected chi connectivity index (χ4v) is 3.43. The summed E-state index contributed by atoms with van der Waals surface area (Å²) < 4.78 is 0. The number of unbranched alkanes of at least 4 members (excludes halogenated alkanes) is 2. The molecule has 0 saturated heterocycles. The molecule has 0 aromatic heterocycles. The van der Waals surface area contributed by atoms with Gasteiger partial charge in [0.25, 0.3) is 0 Å². The molecule has 0 aliphatic heterocycles. The molecule has 1 N–H and O–H groups in total. The van der Waals surface area contributed by atoms with Crippen molar-refractivity contribution in [3.63, 3.8) is 0 Å².